The van der Waals surface area contributed by atoms with Crippen molar-refractivity contribution in [1.29, 1.82) is 0 Å². The molecule has 2 unspecified atom stereocenters. The maximum atomic E-state index is 14.6. The summed E-state index contributed by atoms with van der Waals surface area (Å²) in [7, 11) is 0. The molecule has 0 N–H and O–H groups in total. The van der Waals surface area contributed by atoms with Gasteiger partial charge in [0.2, 0.25) is 5.82 Å². The fourth-order valence-electron chi connectivity index (χ4n) is 6.66. The van der Waals surface area contributed by atoms with E-state index >= 15 is 0 Å². The van der Waals surface area contributed by atoms with Gasteiger partial charge >= 0.3 is 0 Å². The summed E-state index contributed by atoms with van der Waals surface area (Å²) in [5.74, 6) is 0.325. The summed E-state index contributed by atoms with van der Waals surface area (Å²) < 4.78 is 65.4. The van der Waals surface area contributed by atoms with E-state index in [0.29, 0.717) is 36.5 Å². The van der Waals surface area contributed by atoms with Crippen molar-refractivity contribution in [2.45, 2.75) is 83.2 Å². The standard InChI is InChI=1S/C28H38F4O2/c1-2-33-26-14-13-25(27(31)28(26)32)21-9-7-19(8-10-21)18-3-5-20(6-4-18)22-11-12-24(34-17-22)15-23(30)16-29/h13-15,18-22,24H,2-12,16-17H2,1H3. The zero-order valence-corrected chi connectivity index (χ0v) is 20.2. The van der Waals surface area contributed by atoms with Gasteiger partial charge in [0.25, 0.3) is 0 Å². The number of hydrogen-bond acceptors (Lipinski definition) is 2. The largest absolute Gasteiger partial charge is 0.491 e. The molecule has 0 aromatic heterocycles. The topological polar surface area (TPSA) is 18.5 Å². The SMILES string of the molecule is CCOc1ccc(C2CCC(C3CCC(C4CCC(C=C(F)CF)OC4)CC3)CC2)c(F)c1F. The monoisotopic (exact) mass is 482 g/mol. The van der Waals surface area contributed by atoms with Gasteiger partial charge < -0.3 is 9.47 Å². The molecule has 0 radical (unpaired) electrons. The van der Waals surface area contributed by atoms with Gasteiger partial charge in [-0.2, -0.15) is 4.39 Å². The Bertz CT molecular complexity index is 818. The van der Waals surface area contributed by atoms with Crippen LogP contribution in [-0.2, 0) is 4.74 Å². The Morgan fingerprint density at radius 2 is 1.47 bits per heavy atom. The second-order valence-electron chi connectivity index (χ2n) is 10.5. The highest BCUT2D eigenvalue weighted by Crippen LogP contribution is 2.46. The lowest BCUT2D eigenvalue weighted by atomic mass is 9.66. The quantitative estimate of drug-likeness (QED) is 0.366. The van der Waals surface area contributed by atoms with Crippen LogP contribution in [-0.4, -0.2) is 26.0 Å². The number of rotatable bonds is 7. The maximum absolute atomic E-state index is 14.6. The molecular weight excluding hydrogens is 444 g/mol. The maximum Gasteiger partial charge on any atom is 0.200 e. The predicted octanol–water partition coefficient (Wildman–Crippen LogP) is 8.06. The molecular formula is C28H38F4O2. The third-order valence-corrected chi connectivity index (χ3v) is 8.58. The minimum absolute atomic E-state index is 0.00327. The molecule has 3 aliphatic rings. The molecule has 2 atom stereocenters. The Labute approximate surface area is 201 Å². The van der Waals surface area contributed by atoms with Gasteiger partial charge in [-0.05, 0) is 118 Å². The minimum Gasteiger partial charge on any atom is -0.491 e. The Morgan fingerprint density at radius 1 is 0.882 bits per heavy atom. The van der Waals surface area contributed by atoms with E-state index in [0.717, 1.165) is 44.4 Å². The first kappa shape index (κ1) is 25.5. The zero-order valence-electron chi connectivity index (χ0n) is 20.2. The highest BCUT2D eigenvalue weighted by molar-refractivity contribution is 5.33. The van der Waals surface area contributed by atoms with Crippen LogP contribution in [0.3, 0.4) is 0 Å². The summed E-state index contributed by atoms with van der Waals surface area (Å²) in [4.78, 5) is 0. The molecule has 34 heavy (non-hydrogen) atoms. The van der Waals surface area contributed by atoms with Crippen LogP contribution in [0, 0.1) is 35.3 Å². The van der Waals surface area contributed by atoms with Gasteiger partial charge in [-0.15, -0.1) is 0 Å². The van der Waals surface area contributed by atoms with Gasteiger partial charge in [0.15, 0.2) is 11.6 Å². The summed E-state index contributed by atoms with van der Waals surface area (Å²) in [5.41, 5.74) is 0.500. The Kier molecular flexibility index (Phi) is 8.95. The highest BCUT2D eigenvalue weighted by atomic mass is 19.2. The molecule has 1 saturated heterocycles. The van der Waals surface area contributed by atoms with Crippen molar-refractivity contribution >= 4 is 0 Å². The summed E-state index contributed by atoms with van der Waals surface area (Å²) in [6, 6.07) is 3.27. The van der Waals surface area contributed by atoms with E-state index in [1.807, 2.05) is 0 Å². The number of hydrogen-bond donors (Lipinski definition) is 0. The molecule has 6 heteroatoms. The molecule has 1 heterocycles. The molecule has 2 nitrogen and oxygen atoms in total. The molecule has 0 spiro atoms. The van der Waals surface area contributed by atoms with E-state index in [-0.39, 0.29) is 17.8 Å². The Hall–Kier alpha value is -1.56. The van der Waals surface area contributed by atoms with Crippen molar-refractivity contribution in [3.63, 3.8) is 0 Å². The third-order valence-electron chi connectivity index (χ3n) is 8.58. The van der Waals surface area contributed by atoms with Crippen LogP contribution < -0.4 is 4.74 Å². The number of ether oxygens (including phenoxy) is 2. The van der Waals surface area contributed by atoms with Gasteiger partial charge in [0.05, 0.1) is 19.3 Å². The van der Waals surface area contributed by atoms with Crippen LogP contribution in [0.4, 0.5) is 17.6 Å². The predicted molar refractivity (Wildman–Crippen MR) is 125 cm³/mol. The van der Waals surface area contributed by atoms with Gasteiger partial charge in [0, 0.05) is 0 Å². The Morgan fingerprint density at radius 3 is 2.03 bits per heavy atom. The van der Waals surface area contributed by atoms with Crippen LogP contribution in [0.15, 0.2) is 24.0 Å². The van der Waals surface area contributed by atoms with E-state index in [2.05, 4.69) is 0 Å². The van der Waals surface area contributed by atoms with Gasteiger partial charge in [-0.25, -0.2) is 13.2 Å². The van der Waals surface area contributed by atoms with Crippen molar-refractivity contribution in [2.75, 3.05) is 19.9 Å². The lowest BCUT2D eigenvalue weighted by molar-refractivity contribution is -0.0199. The summed E-state index contributed by atoms with van der Waals surface area (Å²) in [6.45, 7) is 1.66. The normalized spacial score (nSPS) is 33.0. The molecule has 0 bridgehead atoms. The van der Waals surface area contributed by atoms with E-state index in [1.165, 1.54) is 31.8 Å². The van der Waals surface area contributed by atoms with Crippen molar-refractivity contribution in [3.8, 4) is 5.75 Å². The second kappa shape index (κ2) is 11.9. The average molecular weight is 483 g/mol. The molecule has 1 aromatic rings. The lowest BCUT2D eigenvalue weighted by Crippen LogP contribution is -2.33. The van der Waals surface area contributed by atoms with E-state index in [1.54, 1.807) is 19.1 Å². The van der Waals surface area contributed by atoms with Crippen molar-refractivity contribution < 1.29 is 27.0 Å². The first-order valence-corrected chi connectivity index (χ1v) is 13.1. The molecule has 4 rings (SSSR count). The minimum atomic E-state index is -1.05. The van der Waals surface area contributed by atoms with Gasteiger partial charge in [-0.3, -0.25) is 0 Å². The van der Waals surface area contributed by atoms with Crippen LogP contribution in [0.5, 0.6) is 5.75 Å². The summed E-state index contributed by atoms with van der Waals surface area (Å²) in [6.07, 6.45) is 11.6. The number of alkyl halides is 1. The first-order chi connectivity index (χ1) is 16.5. The molecule has 1 aromatic carbocycles. The average Bonchev–Trinajstić information content (AvgIpc) is 2.88. The molecule has 2 aliphatic carbocycles. The van der Waals surface area contributed by atoms with E-state index in [4.69, 9.17) is 9.47 Å². The van der Waals surface area contributed by atoms with E-state index in [9.17, 15) is 17.6 Å². The molecule has 1 aliphatic heterocycles. The number of allylic oxidation sites excluding steroid dienone is 1. The third kappa shape index (κ3) is 5.98. The number of halogens is 4. The summed E-state index contributed by atoms with van der Waals surface area (Å²) >= 11 is 0. The number of benzene rings is 1. The lowest BCUT2D eigenvalue weighted by Gasteiger charge is -2.41. The molecule has 0 amide bonds. The van der Waals surface area contributed by atoms with Crippen molar-refractivity contribution in [1.82, 2.24) is 0 Å². The molecule has 3 fully saturated rings. The first-order valence-electron chi connectivity index (χ1n) is 13.1. The highest BCUT2D eigenvalue weighted by Gasteiger charge is 2.35. The van der Waals surface area contributed by atoms with E-state index < -0.39 is 24.1 Å². The van der Waals surface area contributed by atoms with Crippen LogP contribution >= 0.6 is 0 Å². The Balaban J connectivity index is 1.22. The van der Waals surface area contributed by atoms with Crippen LogP contribution in [0.2, 0.25) is 0 Å². The molecule has 2 saturated carbocycles. The van der Waals surface area contributed by atoms with Crippen molar-refractivity contribution in [3.05, 3.63) is 41.2 Å². The van der Waals surface area contributed by atoms with Crippen LogP contribution in [0.1, 0.15) is 82.6 Å². The summed E-state index contributed by atoms with van der Waals surface area (Å²) in [5, 5.41) is 0. The molecule has 190 valence electrons. The van der Waals surface area contributed by atoms with Gasteiger partial charge in [-0.1, -0.05) is 6.07 Å². The fraction of sp³-hybridized carbons (Fsp3) is 0.714. The smallest absolute Gasteiger partial charge is 0.200 e. The van der Waals surface area contributed by atoms with Gasteiger partial charge in [0.1, 0.15) is 12.5 Å². The van der Waals surface area contributed by atoms with Crippen LogP contribution in [0.25, 0.3) is 0 Å². The zero-order chi connectivity index (χ0) is 24.1. The second-order valence-corrected chi connectivity index (χ2v) is 10.5. The fourth-order valence-corrected chi connectivity index (χ4v) is 6.66. The van der Waals surface area contributed by atoms with Crippen molar-refractivity contribution in [2.24, 2.45) is 23.7 Å².